The summed E-state index contributed by atoms with van der Waals surface area (Å²) in [4.78, 5) is 26.8. The molecule has 1 unspecified atom stereocenters. The second-order valence-electron chi connectivity index (χ2n) is 5.61. The Morgan fingerprint density at radius 2 is 2.00 bits per heavy atom. The van der Waals surface area contributed by atoms with Gasteiger partial charge in [-0.25, -0.2) is 0 Å². The van der Waals surface area contributed by atoms with Gasteiger partial charge in [-0.3, -0.25) is 14.5 Å². The van der Waals surface area contributed by atoms with E-state index in [1.165, 1.54) is 0 Å². The summed E-state index contributed by atoms with van der Waals surface area (Å²) in [5.74, 6) is -0.995. The SMILES string of the molecule is CN1CCCN(C(C)(C)C)C(=O)C1CC(=O)O. The lowest BCUT2D eigenvalue weighted by molar-refractivity contribution is -0.146. The molecule has 0 aromatic heterocycles. The number of carboxylic acid groups (broad SMARTS) is 1. The Labute approximate surface area is 102 Å². The van der Waals surface area contributed by atoms with E-state index in [2.05, 4.69) is 0 Å². The lowest BCUT2D eigenvalue weighted by Crippen LogP contribution is -2.52. The highest BCUT2D eigenvalue weighted by molar-refractivity contribution is 5.86. The maximum atomic E-state index is 12.4. The van der Waals surface area contributed by atoms with E-state index >= 15 is 0 Å². The monoisotopic (exact) mass is 242 g/mol. The molecule has 0 radical (unpaired) electrons. The number of carbonyl (C=O) groups is 2. The largest absolute Gasteiger partial charge is 0.481 e. The van der Waals surface area contributed by atoms with Crippen LogP contribution in [-0.4, -0.2) is 58.5 Å². The van der Waals surface area contributed by atoms with Crippen LogP contribution in [0, 0.1) is 0 Å². The topological polar surface area (TPSA) is 60.9 Å². The Hall–Kier alpha value is -1.10. The molecule has 0 saturated carbocycles. The fourth-order valence-electron chi connectivity index (χ4n) is 2.19. The number of carboxylic acids is 1. The van der Waals surface area contributed by atoms with Crippen molar-refractivity contribution in [1.82, 2.24) is 9.80 Å². The van der Waals surface area contributed by atoms with Crippen LogP contribution < -0.4 is 0 Å². The van der Waals surface area contributed by atoms with Crippen molar-refractivity contribution < 1.29 is 14.7 Å². The van der Waals surface area contributed by atoms with Gasteiger partial charge in [0.1, 0.15) is 0 Å². The van der Waals surface area contributed by atoms with Crippen molar-refractivity contribution in [3.05, 3.63) is 0 Å². The Bertz CT molecular complexity index is 309. The van der Waals surface area contributed by atoms with Gasteiger partial charge in [0.15, 0.2) is 0 Å². The average Bonchev–Trinajstić information content (AvgIpc) is 2.28. The van der Waals surface area contributed by atoms with Crippen LogP contribution in [0.1, 0.15) is 33.6 Å². The molecular formula is C12H22N2O3. The van der Waals surface area contributed by atoms with E-state index in [-0.39, 0.29) is 17.9 Å². The molecule has 1 aliphatic heterocycles. The summed E-state index contributed by atoms with van der Waals surface area (Å²) in [6, 6.07) is -0.533. The summed E-state index contributed by atoms with van der Waals surface area (Å²) in [6.07, 6.45) is 0.761. The Morgan fingerprint density at radius 3 is 2.47 bits per heavy atom. The zero-order valence-electron chi connectivity index (χ0n) is 11.1. The van der Waals surface area contributed by atoms with Crippen molar-refractivity contribution in [2.24, 2.45) is 0 Å². The highest BCUT2D eigenvalue weighted by atomic mass is 16.4. The smallest absolute Gasteiger partial charge is 0.305 e. The molecule has 1 saturated heterocycles. The summed E-state index contributed by atoms with van der Waals surface area (Å²) in [5.41, 5.74) is -0.251. The standard InChI is InChI=1S/C12H22N2O3/c1-12(2,3)14-7-5-6-13(4)9(11(14)17)8-10(15)16/h9H,5-8H2,1-4H3,(H,15,16). The highest BCUT2D eigenvalue weighted by Crippen LogP contribution is 2.21. The summed E-state index contributed by atoms with van der Waals surface area (Å²) in [7, 11) is 1.82. The van der Waals surface area contributed by atoms with E-state index in [9.17, 15) is 9.59 Å². The maximum absolute atomic E-state index is 12.4. The van der Waals surface area contributed by atoms with Crippen molar-refractivity contribution in [2.75, 3.05) is 20.1 Å². The lowest BCUT2D eigenvalue weighted by Gasteiger charge is -2.37. The zero-order chi connectivity index (χ0) is 13.2. The van der Waals surface area contributed by atoms with Crippen molar-refractivity contribution in [2.45, 2.75) is 45.2 Å². The first-order chi connectivity index (χ1) is 7.73. The van der Waals surface area contributed by atoms with E-state index in [1.807, 2.05) is 32.7 Å². The minimum atomic E-state index is -0.925. The molecule has 1 N–H and O–H groups in total. The van der Waals surface area contributed by atoms with E-state index < -0.39 is 12.0 Å². The van der Waals surface area contributed by atoms with E-state index in [1.54, 1.807) is 4.90 Å². The number of hydrogen-bond acceptors (Lipinski definition) is 3. The van der Waals surface area contributed by atoms with Crippen LogP contribution in [-0.2, 0) is 9.59 Å². The second-order valence-corrected chi connectivity index (χ2v) is 5.61. The summed E-state index contributed by atoms with van der Waals surface area (Å²) in [5, 5.41) is 8.88. The van der Waals surface area contributed by atoms with Crippen molar-refractivity contribution >= 4 is 11.9 Å². The van der Waals surface area contributed by atoms with Crippen LogP contribution in [0.15, 0.2) is 0 Å². The first kappa shape index (κ1) is 14.0. The third kappa shape index (κ3) is 3.43. The number of amides is 1. The van der Waals surface area contributed by atoms with Gasteiger partial charge in [-0.1, -0.05) is 0 Å². The number of rotatable bonds is 2. The molecule has 0 aromatic rings. The van der Waals surface area contributed by atoms with Gasteiger partial charge in [-0.05, 0) is 34.2 Å². The first-order valence-corrected chi connectivity index (χ1v) is 5.97. The Morgan fingerprint density at radius 1 is 1.41 bits per heavy atom. The number of carbonyl (C=O) groups excluding carboxylic acids is 1. The number of aliphatic carboxylic acids is 1. The summed E-state index contributed by atoms with van der Waals surface area (Å²) >= 11 is 0. The normalized spacial score (nSPS) is 23.6. The predicted molar refractivity (Wildman–Crippen MR) is 64.8 cm³/mol. The van der Waals surface area contributed by atoms with Crippen LogP contribution in [0.25, 0.3) is 0 Å². The third-order valence-electron chi connectivity index (χ3n) is 3.15. The van der Waals surface area contributed by atoms with Gasteiger partial charge in [-0.15, -0.1) is 0 Å². The zero-order valence-corrected chi connectivity index (χ0v) is 11.1. The molecule has 5 heteroatoms. The summed E-state index contributed by atoms with van der Waals surface area (Å²) < 4.78 is 0. The predicted octanol–water partition coefficient (Wildman–Crippen LogP) is 0.792. The van der Waals surface area contributed by atoms with E-state index in [4.69, 9.17) is 5.11 Å². The van der Waals surface area contributed by atoms with Crippen molar-refractivity contribution in [3.8, 4) is 0 Å². The molecule has 1 rings (SSSR count). The van der Waals surface area contributed by atoms with Crippen LogP contribution in [0.5, 0.6) is 0 Å². The molecule has 1 fully saturated rings. The molecule has 0 aliphatic carbocycles. The van der Waals surface area contributed by atoms with Gasteiger partial charge in [0, 0.05) is 18.6 Å². The molecular weight excluding hydrogens is 220 g/mol. The van der Waals surface area contributed by atoms with E-state index in [0.29, 0.717) is 6.54 Å². The Balaban J connectivity index is 2.92. The molecule has 0 spiro atoms. The van der Waals surface area contributed by atoms with Crippen LogP contribution in [0.2, 0.25) is 0 Å². The van der Waals surface area contributed by atoms with Gasteiger partial charge in [-0.2, -0.15) is 0 Å². The molecule has 1 heterocycles. The minimum Gasteiger partial charge on any atom is -0.481 e. The van der Waals surface area contributed by atoms with Crippen LogP contribution in [0.3, 0.4) is 0 Å². The molecule has 17 heavy (non-hydrogen) atoms. The second kappa shape index (κ2) is 5.04. The quantitative estimate of drug-likeness (QED) is 0.778. The van der Waals surface area contributed by atoms with Crippen LogP contribution in [0.4, 0.5) is 0 Å². The molecule has 1 atom stereocenters. The summed E-state index contributed by atoms with van der Waals surface area (Å²) in [6.45, 7) is 7.40. The highest BCUT2D eigenvalue weighted by Gasteiger charge is 2.36. The number of hydrogen-bond donors (Lipinski definition) is 1. The average molecular weight is 242 g/mol. The number of nitrogens with zero attached hydrogens (tertiary/aromatic N) is 2. The fraction of sp³-hybridized carbons (Fsp3) is 0.833. The Kier molecular flexibility index (Phi) is 4.14. The van der Waals surface area contributed by atoms with Gasteiger partial charge in [0.2, 0.25) is 5.91 Å². The molecule has 1 aliphatic rings. The molecule has 0 bridgehead atoms. The van der Waals surface area contributed by atoms with Crippen molar-refractivity contribution in [3.63, 3.8) is 0 Å². The lowest BCUT2D eigenvalue weighted by atomic mass is 10.0. The molecule has 0 aromatic carbocycles. The van der Waals surface area contributed by atoms with Gasteiger partial charge in [0.25, 0.3) is 0 Å². The first-order valence-electron chi connectivity index (χ1n) is 5.97. The number of likely N-dealkylation sites (N-methyl/N-ethyl adjacent to an activating group) is 1. The minimum absolute atomic E-state index is 0.0695. The van der Waals surface area contributed by atoms with Crippen LogP contribution >= 0.6 is 0 Å². The maximum Gasteiger partial charge on any atom is 0.305 e. The third-order valence-corrected chi connectivity index (χ3v) is 3.15. The van der Waals surface area contributed by atoms with Gasteiger partial charge >= 0.3 is 5.97 Å². The van der Waals surface area contributed by atoms with Crippen molar-refractivity contribution in [1.29, 1.82) is 0 Å². The molecule has 5 nitrogen and oxygen atoms in total. The van der Waals surface area contributed by atoms with E-state index in [0.717, 1.165) is 13.0 Å². The fourth-order valence-corrected chi connectivity index (χ4v) is 2.19. The molecule has 98 valence electrons. The van der Waals surface area contributed by atoms with Gasteiger partial charge < -0.3 is 10.0 Å². The van der Waals surface area contributed by atoms with Gasteiger partial charge in [0.05, 0.1) is 12.5 Å². The molecule has 1 amide bonds.